The predicted molar refractivity (Wildman–Crippen MR) is 70.7 cm³/mol. The van der Waals surface area contributed by atoms with E-state index in [-0.39, 0.29) is 18.4 Å². The number of nitrogens with zero attached hydrogens (tertiary/aromatic N) is 1. The summed E-state index contributed by atoms with van der Waals surface area (Å²) in [6.45, 7) is 2.38. The molecule has 2 rings (SSSR count). The molecule has 0 spiro atoms. The molecule has 0 atom stereocenters. The van der Waals surface area contributed by atoms with Crippen molar-refractivity contribution in [3.63, 3.8) is 0 Å². The lowest BCUT2D eigenvalue weighted by molar-refractivity contribution is -0.121. The second kappa shape index (κ2) is 5.91. The summed E-state index contributed by atoms with van der Waals surface area (Å²) < 4.78 is 5.33. The van der Waals surface area contributed by atoms with Gasteiger partial charge in [0.1, 0.15) is 5.75 Å². The number of ether oxygens (including phenoxy) is 1. The summed E-state index contributed by atoms with van der Waals surface area (Å²) in [4.78, 5) is 24.6. The van der Waals surface area contributed by atoms with Crippen LogP contribution in [0.3, 0.4) is 0 Å². The van der Waals surface area contributed by atoms with E-state index in [0.717, 1.165) is 5.69 Å². The zero-order chi connectivity index (χ0) is 13.7. The van der Waals surface area contributed by atoms with Crippen LogP contribution in [0.15, 0.2) is 24.3 Å². The first-order valence-electron chi connectivity index (χ1n) is 5.95. The Bertz CT molecular complexity index is 557. The van der Waals surface area contributed by atoms with Gasteiger partial charge in [-0.1, -0.05) is 18.1 Å². The van der Waals surface area contributed by atoms with Gasteiger partial charge in [-0.3, -0.25) is 9.59 Å². The fraction of sp³-hybridized carbons (Fsp3) is 0.286. The molecule has 5 nitrogen and oxygen atoms in total. The van der Waals surface area contributed by atoms with E-state index in [1.54, 1.807) is 11.8 Å². The second-order valence-electron chi connectivity index (χ2n) is 3.93. The molecular weight excluding hydrogens is 244 g/mol. The van der Waals surface area contributed by atoms with Gasteiger partial charge < -0.3 is 15.0 Å². The lowest BCUT2D eigenvalue weighted by Gasteiger charge is -2.29. The Morgan fingerprint density at radius 1 is 1.47 bits per heavy atom. The fourth-order valence-corrected chi connectivity index (χ4v) is 1.84. The molecule has 1 aromatic rings. The van der Waals surface area contributed by atoms with Gasteiger partial charge in [0.15, 0.2) is 6.61 Å². The van der Waals surface area contributed by atoms with Crippen LogP contribution in [0.4, 0.5) is 5.69 Å². The summed E-state index contributed by atoms with van der Waals surface area (Å²) in [6, 6.07) is 7.33. The first-order chi connectivity index (χ1) is 9.22. The predicted octanol–water partition coefficient (Wildman–Crippen LogP) is 0.551. The van der Waals surface area contributed by atoms with Gasteiger partial charge >= 0.3 is 0 Å². The minimum atomic E-state index is -0.337. The fourth-order valence-electron chi connectivity index (χ4n) is 1.84. The maximum atomic E-state index is 11.8. The van der Waals surface area contributed by atoms with Gasteiger partial charge in [-0.25, -0.2) is 0 Å². The summed E-state index contributed by atoms with van der Waals surface area (Å²) >= 11 is 0. The third kappa shape index (κ3) is 3.05. The van der Waals surface area contributed by atoms with E-state index < -0.39 is 0 Å². The van der Waals surface area contributed by atoms with Crippen LogP contribution in [-0.2, 0) is 9.59 Å². The molecule has 0 aromatic heterocycles. The minimum absolute atomic E-state index is 0.0275. The van der Waals surface area contributed by atoms with Gasteiger partial charge in [-0.15, -0.1) is 0 Å². The van der Waals surface area contributed by atoms with Crippen LogP contribution in [0.25, 0.3) is 0 Å². The van der Waals surface area contributed by atoms with Crippen molar-refractivity contribution in [1.82, 2.24) is 5.32 Å². The number of carbonyl (C=O) groups is 2. The Hall–Kier alpha value is -2.48. The average molecular weight is 258 g/mol. The van der Waals surface area contributed by atoms with Gasteiger partial charge in [0, 0.05) is 13.1 Å². The lowest BCUT2D eigenvalue weighted by Crippen LogP contribution is -2.43. The molecule has 5 heteroatoms. The number of rotatable bonds is 3. The standard InChI is InChI=1S/C14H14N2O3/c1-2-5-13(17)15-8-9-16-11-6-3-4-7-12(11)19-10-14(16)18/h3-4,6-7H,8-10H2,1H3,(H,15,17). The summed E-state index contributed by atoms with van der Waals surface area (Å²) in [5.41, 5.74) is 0.731. The molecule has 0 radical (unpaired) electrons. The molecule has 1 aliphatic rings. The highest BCUT2D eigenvalue weighted by Gasteiger charge is 2.24. The summed E-state index contributed by atoms with van der Waals surface area (Å²) in [5, 5.41) is 2.63. The summed E-state index contributed by atoms with van der Waals surface area (Å²) in [6.07, 6.45) is 0. The van der Waals surface area contributed by atoms with E-state index in [1.807, 2.05) is 24.3 Å². The normalized spacial score (nSPS) is 12.9. The highest BCUT2D eigenvalue weighted by atomic mass is 16.5. The van der Waals surface area contributed by atoms with E-state index >= 15 is 0 Å². The Labute approximate surface area is 111 Å². The molecule has 19 heavy (non-hydrogen) atoms. The number of anilines is 1. The molecule has 1 aromatic carbocycles. The number of nitrogens with one attached hydrogen (secondary N) is 1. The molecule has 1 heterocycles. The van der Waals surface area contributed by atoms with E-state index in [1.165, 1.54) is 0 Å². The number of carbonyl (C=O) groups excluding carboxylic acids is 2. The van der Waals surface area contributed by atoms with Crippen molar-refractivity contribution in [1.29, 1.82) is 0 Å². The van der Waals surface area contributed by atoms with Crippen molar-refractivity contribution in [2.24, 2.45) is 0 Å². The van der Waals surface area contributed by atoms with Crippen molar-refractivity contribution in [3.8, 4) is 17.6 Å². The van der Waals surface area contributed by atoms with Crippen LogP contribution in [0.1, 0.15) is 6.92 Å². The topological polar surface area (TPSA) is 58.6 Å². The summed E-state index contributed by atoms with van der Waals surface area (Å²) in [5.74, 6) is 5.13. The third-order valence-corrected chi connectivity index (χ3v) is 2.67. The molecule has 0 saturated heterocycles. The number of fused-ring (bicyclic) bond motifs is 1. The molecule has 0 saturated carbocycles. The molecule has 98 valence electrons. The van der Waals surface area contributed by atoms with Gasteiger partial charge in [-0.05, 0) is 25.0 Å². The van der Waals surface area contributed by atoms with Crippen molar-refractivity contribution in [2.75, 3.05) is 24.6 Å². The molecular formula is C14H14N2O3. The van der Waals surface area contributed by atoms with Gasteiger partial charge in [0.05, 0.1) is 5.69 Å². The smallest absolute Gasteiger partial charge is 0.295 e. The number of para-hydroxylation sites is 2. The number of hydrogen-bond acceptors (Lipinski definition) is 3. The zero-order valence-electron chi connectivity index (χ0n) is 10.6. The maximum Gasteiger partial charge on any atom is 0.295 e. The van der Waals surface area contributed by atoms with Gasteiger partial charge in [0.2, 0.25) is 0 Å². The maximum absolute atomic E-state index is 11.8. The molecule has 2 amide bonds. The van der Waals surface area contributed by atoms with Crippen molar-refractivity contribution >= 4 is 17.5 Å². The van der Waals surface area contributed by atoms with Crippen LogP contribution in [-0.4, -0.2) is 31.5 Å². The Kier molecular flexibility index (Phi) is 4.04. The van der Waals surface area contributed by atoms with Crippen molar-refractivity contribution < 1.29 is 14.3 Å². The van der Waals surface area contributed by atoms with Crippen LogP contribution in [0.5, 0.6) is 5.75 Å². The van der Waals surface area contributed by atoms with E-state index in [4.69, 9.17) is 4.74 Å². The van der Waals surface area contributed by atoms with E-state index in [0.29, 0.717) is 18.8 Å². The molecule has 0 aliphatic carbocycles. The second-order valence-corrected chi connectivity index (χ2v) is 3.93. The highest BCUT2D eigenvalue weighted by Crippen LogP contribution is 2.30. The number of benzene rings is 1. The number of hydrogen-bond donors (Lipinski definition) is 1. The average Bonchev–Trinajstić information content (AvgIpc) is 2.41. The lowest BCUT2D eigenvalue weighted by atomic mass is 10.2. The quantitative estimate of drug-likeness (QED) is 0.806. The van der Waals surface area contributed by atoms with Crippen molar-refractivity contribution in [2.45, 2.75) is 6.92 Å². The third-order valence-electron chi connectivity index (χ3n) is 2.67. The molecule has 0 fully saturated rings. The Morgan fingerprint density at radius 3 is 3.05 bits per heavy atom. The SMILES string of the molecule is CC#CC(=O)NCCN1C(=O)COc2ccccc21. The van der Waals surface area contributed by atoms with E-state index in [9.17, 15) is 9.59 Å². The zero-order valence-corrected chi connectivity index (χ0v) is 10.6. The monoisotopic (exact) mass is 258 g/mol. The largest absolute Gasteiger partial charge is 0.482 e. The summed E-state index contributed by atoms with van der Waals surface area (Å²) in [7, 11) is 0. The van der Waals surface area contributed by atoms with Crippen molar-refractivity contribution in [3.05, 3.63) is 24.3 Å². The molecule has 0 unspecified atom stereocenters. The van der Waals surface area contributed by atoms with E-state index in [2.05, 4.69) is 17.2 Å². The Morgan fingerprint density at radius 2 is 2.26 bits per heavy atom. The van der Waals surface area contributed by atoms with Crippen LogP contribution >= 0.6 is 0 Å². The molecule has 1 aliphatic heterocycles. The van der Waals surface area contributed by atoms with Crippen LogP contribution in [0.2, 0.25) is 0 Å². The molecule has 0 bridgehead atoms. The number of amides is 2. The van der Waals surface area contributed by atoms with Gasteiger partial charge in [0.25, 0.3) is 11.8 Å². The van der Waals surface area contributed by atoms with Crippen LogP contribution in [0, 0.1) is 11.8 Å². The first kappa shape index (κ1) is 13.0. The van der Waals surface area contributed by atoms with Crippen LogP contribution < -0.4 is 15.0 Å². The van der Waals surface area contributed by atoms with Gasteiger partial charge in [-0.2, -0.15) is 0 Å². The molecule has 1 N–H and O–H groups in total. The Balaban J connectivity index is 2.01. The highest BCUT2D eigenvalue weighted by molar-refractivity contribution is 5.98. The first-order valence-corrected chi connectivity index (χ1v) is 5.95. The minimum Gasteiger partial charge on any atom is -0.482 e.